The van der Waals surface area contributed by atoms with E-state index in [4.69, 9.17) is 30.4 Å². The molecule has 2 rings (SSSR count). The van der Waals surface area contributed by atoms with E-state index in [1.807, 2.05) is 36.4 Å². The molecule has 6 nitrogen and oxygen atoms in total. The summed E-state index contributed by atoms with van der Waals surface area (Å²) in [5.74, 6) is 2.56. The Balaban J connectivity index is 1.91. The summed E-state index contributed by atoms with van der Waals surface area (Å²) in [7, 11) is 0. The molecule has 0 bridgehead atoms. The highest BCUT2D eigenvalue weighted by molar-refractivity contribution is 5.73. The fourth-order valence-electron chi connectivity index (χ4n) is 2.94. The minimum Gasteiger partial charge on any atom is -0.489 e. The maximum atomic E-state index is 6.10. The summed E-state index contributed by atoms with van der Waals surface area (Å²) < 4.78 is 22.9. The predicted octanol–water partition coefficient (Wildman–Crippen LogP) is 5.40. The molecule has 4 N–H and O–H groups in total. The Labute approximate surface area is 193 Å². The molecule has 0 heterocycles. The van der Waals surface area contributed by atoms with Crippen LogP contribution in [0.1, 0.15) is 40.5 Å². The molecule has 0 aliphatic rings. The molecular formula is C26H40N2O4. The maximum Gasteiger partial charge on any atom is 0.142 e. The van der Waals surface area contributed by atoms with Crippen LogP contribution in [0.25, 0.3) is 11.1 Å². The maximum absolute atomic E-state index is 6.10. The van der Waals surface area contributed by atoms with Crippen LogP contribution in [0.15, 0.2) is 36.4 Å². The number of ether oxygens (including phenoxy) is 4. The Hall–Kier alpha value is -2.44. The molecule has 0 saturated carbocycles. The summed E-state index contributed by atoms with van der Waals surface area (Å²) in [5, 5.41) is 0. The second-order valence-corrected chi connectivity index (χ2v) is 8.79. The van der Waals surface area contributed by atoms with Crippen molar-refractivity contribution in [3.05, 3.63) is 36.4 Å². The van der Waals surface area contributed by atoms with Crippen molar-refractivity contribution in [2.24, 2.45) is 11.8 Å². The topological polar surface area (TPSA) is 89.0 Å². The van der Waals surface area contributed by atoms with E-state index in [0.717, 1.165) is 37.2 Å². The van der Waals surface area contributed by atoms with Crippen LogP contribution < -0.4 is 20.9 Å². The molecule has 0 aliphatic heterocycles. The van der Waals surface area contributed by atoms with Gasteiger partial charge in [0.05, 0.1) is 24.6 Å². The molecule has 2 aromatic rings. The zero-order valence-corrected chi connectivity index (χ0v) is 20.1. The third-order valence-electron chi connectivity index (χ3n) is 5.01. The van der Waals surface area contributed by atoms with Crippen LogP contribution in [0.4, 0.5) is 11.4 Å². The van der Waals surface area contributed by atoms with Crippen molar-refractivity contribution in [1.82, 2.24) is 0 Å². The highest BCUT2D eigenvalue weighted by atomic mass is 16.5. The van der Waals surface area contributed by atoms with E-state index >= 15 is 0 Å². The first kappa shape index (κ1) is 25.8. The molecule has 2 aromatic carbocycles. The van der Waals surface area contributed by atoms with Gasteiger partial charge in [-0.05, 0) is 60.1 Å². The van der Waals surface area contributed by atoms with Crippen LogP contribution in [0.3, 0.4) is 0 Å². The smallest absolute Gasteiger partial charge is 0.142 e. The minimum atomic E-state index is 0.457. The van der Waals surface area contributed by atoms with Gasteiger partial charge in [0.2, 0.25) is 0 Å². The first-order valence-electron chi connectivity index (χ1n) is 11.6. The molecule has 6 heteroatoms. The molecule has 0 radical (unpaired) electrons. The minimum absolute atomic E-state index is 0.457. The van der Waals surface area contributed by atoms with E-state index in [-0.39, 0.29) is 0 Å². The van der Waals surface area contributed by atoms with Crippen LogP contribution in [0, 0.1) is 11.8 Å². The van der Waals surface area contributed by atoms with Crippen LogP contribution in [-0.4, -0.2) is 39.6 Å². The average molecular weight is 445 g/mol. The van der Waals surface area contributed by atoms with Gasteiger partial charge >= 0.3 is 0 Å². The number of hydrogen-bond acceptors (Lipinski definition) is 6. The lowest BCUT2D eigenvalue weighted by atomic mass is 10.0. The number of nitrogens with two attached hydrogens (primary N) is 2. The number of benzene rings is 2. The predicted molar refractivity (Wildman–Crippen MR) is 132 cm³/mol. The molecular weight excluding hydrogens is 404 g/mol. The summed E-state index contributed by atoms with van der Waals surface area (Å²) in [4.78, 5) is 0. The first-order valence-corrected chi connectivity index (χ1v) is 11.6. The largest absolute Gasteiger partial charge is 0.489 e. The van der Waals surface area contributed by atoms with E-state index in [1.165, 1.54) is 0 Å². The lowest BCUT2D eigenvalue weighted by Crippen LogP contribution is -2.10. The van der Waals surface area contributed by atoms with Gasteiger partial charge in [0.15, 0.2) is 0 Å². The SMILES string of the molecule is CC(C)CCOCCOc1cc(-c2ccc(N)c(OCCOCCC(C)C)c2)ccc1N. The van der Waals surface area contributed by atoms with Crippen molar-refractivity contribution in [3.63, 3.8) is 0 Å². The Morgan fingerprint density at radius 2 is 1.00 bits per heavy atom. The summed E-state index contributed by atoms with van der Waals surface area (Å²) >= 11 is 0. The molecule has 178 valence electrons. The molecule has 0 saturated heterocycles. The van der Waals surface area contributed by atoms with Crippen LogP contribution >= 0.6 is 0 Å². The zero-order valence-electron chi connectivity index (χ0n) is 20.1. The second-order valence-electron chi connectivity index (χ2n) is 8.79. The van der Waals surface area contributed by atoms with Crippen molar-refractivity contribution in [2.45, 2.75) is 40.5 Å². The highest BCUT2D eigenvalue weighted by Gasteiger charge is 2.08. The van der Waals surface area contributed by atoms with Crippen molar-refractivity contribution in [3.8, 4) is 22.6 Å². The van der Waals surface area contributed by atoms with Gasteiger partial charge in [-0.2, -0.15) is 0 Å². The molecule has 0 aromatic heterocycles. The van der Waals surface area contributed by atoms with E-state index in [9.17, 15) is 0 Å². The monoisotopic (exact) mass is 444 g/mol. The van der Waals surface area contributed by atoms with E-state index in [1.54, 1.807) is 0 Å². The normalized spacial score (nSPS) is 11.3. The quantitative estimate of drug-likeness (QED) is 0.282. The van der Waals surface area contributed by atoms with E-state index in [0.29, 0.717) is 61.1 Å². The Kier molecular flexibility index (Phi) is 11.2. The van der Waals surface area contributed by atoms with Gasteiger partial charge in [-0.3, -0.25) is 0 Å². The second kappa shape index (κ2) is 13.9. The highest BCUT2D eigenvalue weighted by Crippen LogP contribution is 2.33. The van der Waals surface area contributed by atoms with E-state index in [2.05, 4.69) is 27.7 Å². The molecule has 0 aliphatic carbocycles. The number of anilines is 2. The third kappa shape index (κ3) is 9.37. The summed E-state index contributed by atoms with van der Waals surface area (Å²) in [6.45, 7) is 12.2. The third-order valence-corrected chi connectivity index (χ3v) is 5.01. The van der Waals surface area contributed by atoms with Crippen LogP contribution in [0.2, 0.25) is 0 Å². The molecule has 0 unspecified atom stereocenters. The van der Waals surface area contributed by atoms with Gasteiger partial charge < -0.3 is 30.4 Å². The zero-order chi connectivity index (χ0) is 23.3. The summed E-state index contributed by atoms with van der Waals surface area (Å²) in [5.41, 5.74) is 15.4. The van der Waals surface area contributed by atoms with Crippen LogP contribution in [-0.2, 0) is 9.47 Å². The first-order chi connectivity index (χ1) is 15.4. The van der Waals surface area contributed by atoms with Gasteiger partial charge in [0.1, 0.15) is 24.7 Å². The lowest BCUT2D eigenvalue weighted by molar-refractivity contribution is 0.0927. The lowest BCUT2D eigenvalue weighted by Gasteiger charge is -2.14. The Morgan fingerprint density at radius 3 is 1.38 bits per heavy atom. The summed E-state index contributed by atoms with van der Waals surface area (Å²) in [6.07, 6.45) is 2.09. The van der Waals surface area contributed by atoms with Gasteiger partial charge in [-0.25, -0.2) is 0 Å². The van der Waals surface area contributed by atoms with Crippen molar-refractivity contribution >= 4 is 11.4 Å². The van der Waals surface area contributed by atoms with Gasteiger partial charge in [-0.15, -0.1) is 0 Å². The number of hydrogen-bond donors (Lipinski definition) is 2. The van der Waals surface area contributed by atoms with Crippen LogP contribution in [0.5, 0.6) is 11.5 Å². The average Bonchev–Trinajstić information content (AvgIpc) is 2.75. The van der Waals surface area contributed by atoms with E-state index < -0.39 is 0 Å². The molecule has 0 atom stereocenters. The Morgan fingerprint density at radius 1 is 0.594 bits per heavy atom. The molecule has 0 spiro atoms. The fraction of sp³-hybridized carbons (Fsp3) is 0.538. The van der Waals surface area contributed by atoms with Crippen molar-refractivity contribution in [2.75, 3.05) is 51.1 Å². The van der Waals surface area contributed by atoms with Gasteiger partial charge in [0, 0.05) is 13.2 Å². The van der Waals surface area contributed by atoms with Crippen molar-refractivity contribution in [1.29, 1.82) is 0 Å². The Bertz CT molecular complexity index is 741. The molecule has 32 heavy (non-hydrogen) atoms. The molecule has 0 amide bonds. The molecule has 0 fully saturated rings. The van der Waals surface area contributed by atoms with Crippen molar-refractivity contribution < 1.29 is 18.9 Å². The number of rotatable bonds is 15. The fourth-order valence-corrected chi connectivity index (χ4v) is 2.94. The number of nitrogen functional groups attached to an aromatic ring is 2. The van der Waals surface area contributed by atoms with Gasteiger partial charge in [0.25, 0.3) is 0 Å². The van der Waals surface area contributed by atoms with Gasteiger partial charge in [-0.1, -0.05) is 39.8 Å². The summed E-state index contributed by atoms with van der Waals surface area (Å²) in [6, 6.07) is 11.5. The standard InChI is InChI=1S/C26H40N2O4/c1-19(2)9-11-29-13-15-31-25-17-21(5-7-23(25)27)22-6-8-24(28)26(18-22)32-16-14-30-12-10-20(3)4/h5-8,17-20H,9-16,27-28H2,1-4H3.